The van der Waals surface area contributed by atoms with E-state index in [2.05, 4.69) is 20.2 Å². The minimum absolute atomic E-state index is 0.0439. The van der Waals surface area contributed by atoms with Gasteiger partial charge in [-0.2, -0.15) is 0 Å². The molecule has 5 nitrogen and oxygen atoms in total. The van der Waals surface area contributed by atoms with Gasteiger partial charge in [-0.3, -0.25) is 4.79 Å². The van der Waals surface area contributed by atoms with E-state index in [4.69, 9.17) is 4.74 Å². The van der Waals surface area contributed by atoms with Crippen molar-refractivity contribution >= 4 is 17.2 Å². The average Bonchev–Trinajstić information content (AvgIpc) is 3.43. The lowest BCUT2D eigenvalue weighted by Gasteiger charge is -2.21. The van der Waals surface area contributed by atoms with E-state index in [-0.39, 0.29) is 12.0 Å². The first-order chi connectivity index (χ1) is 13.6. The van der Waals surface area contributed by atoms with Crippen LogP contribution in [0.25, 0.3) is 11.4 Å². The number of hydrogen-bond donors (Lipinski definition) is 1. The maximum absolute atomic E-state index is 13.0. The minimum Gasteiger partial charge on any atom is -0.376 e. The standard InChI is InChI=1S/C22H31N3O2S/c1-15-19(22(26)23-12-17-7-4-3-5-8-17)11-21(20-14-28-16(2)24-20)25(15)13-18-9-6-10-27-18/h11,14,17-18H,3-10,12-13H2,1-2H3,(H,23,26). The molecular weight excluding hydrogens is 370 g/mol. The molecule has 0 aromatic carbocycles. The summed E-state index contributed by atoms with van der Waals surface area (Å²) in [6.07, 6.45) is 8.83. The van der Waals surface area contributed by atoms with Gasteiger partial charge in [-0.15, -0.1) is 11.3 Å². The topological polar surface area (TPSA) is 56.2 Å². The van der Waals surface area contributed by atoms with E-state index in [1.54, 1.807) is 11.3 Å². The van der Waals surface area contributed by atoms with Crippen LogP contribution < -0.4 is 5.32 Å². The molecular formula is C22H31N3O2S. The summed E-state index contributed by atoms with van der Waals surface area (Å²) in [5.74, 6) is 0.676. The molecule has 0 bridgehead atoms. The fraction of sp³-hybridized carbons (Fsp3) is 0.636. The third kappa shape index (κ3) is 4.33. The molecule has 3 heterocycles. The van der Waals surface area contributed by atoms with Crippen molar-refractivity contribution in [1.82, 2.24) is 14.9 Å². The zero-order valence-electron chi connectivity index (χ0n) is 17.0. The first-order valence-electron chi connectivity index (χ1n) is 10.6. The van der Waals surface area contributed by atoms with Gasteiger partial charge in [0.1, 0.15) is 0 Å². The molecule has 1 aliphatic carbocycles. The maximum Gasteiger partial charge on any atom is 0.253 e. The normalized spacial score (nSPS) is 20.6. The molecule has 2 aromatic rings. The van der Waals surface area contributed by atoms with Crippen molar-refractivity contribution in [3.8, 4) is 11.4 Å². The highest BCUT2D eigenvalue weighted by Crippen LogP contribution is 2.29. The number of amides is 1. The lowest BCUT2D eigenvalue weighted by atomic mass is 9.89. The molecule has 2 fully saturated rings. The molecule has 1 N–H and O–H groups in total. The Bertz CT molecular complexity index is 814. The highest BCUT2D eigenvalue weighted by molar-refractivity contribution is 7.09. The second-order valence-electron chi connectivity index (χ2n) is 8.24. The van der Waals surface area contributed by atoms with E-state index >= 15 is 0 Å². The third-order valence-corrected chi connectivity index (χ3v) is 6.95. The van der Waals surface area contributed by atoms with Crippen LogP contribution in [0.4, 0.5) is 0 Å². The predicted molar refractivity (Wildman–Crippen MR) is 113 cm³/mol. The molecule has 1 amide bonds. The number of hydrogen-bond acceptors (Lipinski definition) is 4. The molecule has 1 aliphatic heterocycles. The lowest BCUT2D eigenvalue weighted by molar-refractivity contribution is 0.0933. The van der Waals surface area contributed by atoms with Gasteiger partial charge in [-0.25, -0.2) is 4.98 Å². The largest absolute Gasteiger partial charge is 0.376 e. The van der Waals surface area contributed by atoms with Gasteiger partial charge in [-0.05, 0) is 51.5 Å². The Hall–Kier alpha value is -1.66. The number of thiazole rings is 1. The van der Waals surface area contributed by atoms with Gasteiger partial charge in [-0.1, -0.05) is 19.3 Å². The summed E-state index contributed by atoms with van der Waals surface area (Å²) in [4.78, 5) is 17.6. The Kier molecular flexibility index (Phi) is 6.16. The number of aryl methyl sites for hydroxylation is 1. The number of aromatic nitrogens is 2. The molecule has 2 aromatic heterocycles. The molecule has 6 heteroatoms. The number of nitrogens with one attached hydrogen (secondary N) is 1. The van der Waals surface area contributed by atoms with E-state index in [1.807, 2.05) is 19.9 Å². The fourth-order valence-electron chi connectivity index (χ4n) is 4.52. The van der Waals surface area contributed by atoms with Gasteiger partial charge in [0.05, 0.1) is 28.1 Å². The number of ether oxygens (including phenoxy) is 1. The second kappa shape index (κ2) is 8.78. The van der Waals surface area contributed by atoms with Crippen molar-refractivity contribution in [2.75, 3.05) is 13.2 Å². The van der Waals surface area contributed by atoms with Gasteiger partial charge in [0.25, 0.3) is 5.91 Å². The molecule has 4 rings (SSSR count). The fourth-order valence-corrected chi connectivity index (χ4v) is 5.13. The maximum atomic E-state index is 13.0. The van der Waals surface area contributed by atoms with E-state index in [0.29, 0.717) is 5.92 Å². The second-order valence-corrected chi connectivity index (χ2v) is 9.30. The van der Waals surface area contributed by atoms with Crippen LogP contribution in [0.2, 0.25) is 0 Å². The quantitative estimate of drug-likeness (QED) is 0.762. The summed E-state index contributed by atoms with van der Waals surface area (Å²) in [6, 6.07) is 2.02. The van der Waals surface area contributed by atoms with Crippen LogP contribution in [0, 0.1) is 19.8 Å². The van der Waals surface area contributed by atoms with Gasteiger partial charge in [0, 0.05) is 30.8 Å². The van der Waals surface area contributed by atoms with Gasteiger partial charge >= 0.3 is 0 Å². The van der Waals surface area contributed by atoms with Crippen LogP contribution in [0.5, 0.6) is 0 Å². The highest BCUT2D eigenvalue weighted by Gasteiger charge is 2.24. The van der Waals surface area contributed by atoms with Gasteiger partial charge in [0.2, 0.25) is 0 Å². The Morgan fingerprint density at radius 1 is 1.25 bits per heavy atom. The van der Waals surface area contributed by atoms with Crippen molar-refractivity contribution in [3.63, 3.8) is 0 Å². The summed E-state index contributed by atoms with van der Waals surface area (Å²) < 4.78 is 8.10. The first kappa shape index (κ1) is 19.6. The van der Waals surface area contributed by atoms with Crippen LogP contribution >= 0.6 is 11.3 Å². The molecule has 0 spiro atoms. The van der Waals surface area contributed by atoms with Gasteiger partial charge in [0.15, 0.2) is 0 Å². The molecule has 1 saturated carbocycles. The van der Waals surface area contributed by atoms with Crippen molar-refractivity contribution < 1.29 is 9.53 Å². The van der Waals surface area contributed by atoms with Crippen molar-refractivity contribution in [2.45, 2.75) is 71.4 Å². The predicted octanol–water partition coefficient (Wildman–Crippen LogP) is 4.72. The Labute approximate surface area is 171 Å². The third-order valence-electron chi connectivity index (χ3n) is 6.18. The van der Waals surface area contributed by atoms with Crippen molar-refractivity contribution in [3.05, 3.63) is 27.7 Å². The molecule has 0 radical (unpaired) electrons. The van der Waals surface area contributed by atoms with E-state index < -0.39 is 0 Å². The van der Waals surface area contributed by atoms with Crippen LogP contribution in [0.15, 0.2) is 11.4 Å². The number of carbonyl (C=O) groups excluding carboxylic acids is 1. The SMILES string of the molecule is Cc1nc(-c2cc(C(=O)NCC3CCCCC3)c(C)n2CC2CCCO2)cs1. The zero-order valence-corrected chi connectivity index (χ0v) is 17.8. The van der Waals surface area contributed by atoms with Crippen molar-refractivity contribution in [2.24, 2.45) is 5.92 Å². The molecule has 28 heavy (non-hydrogen) atoms. The lowest BCUT2D eigenvalue weighted by Crippen LogP contribution is -2.30. The number of carbonyl (C=O) groups is 1. The van der Waals surface area contributed by atoms with Crippen LogP contribution in [-0.2, 0) is 11.3 Å². The molecule has 1 saturated heterocycles. The van der Waals surface area contributed by atoms with E-state index in [0.717, 1.165) is 60.2 Å². The smallest absolute Gasteiger partial charge is 0.253 e. The Morgan fingerprint density at radius 3 is 2.75 bits per heavy atom. The molecule has 1 unspecified atom stereocenters. The van der Waals surface area contributed by atoms with Crippen LogP contribution in [0.1, 0.15) is 66.0 Å². The number of nitrogens with zero attached hydrogens (tertiary/aromatic N) is 2. The van der Waals surface area contributed by atoms with E-state index in [1.165, 1.54) is 32.1 Å². The zero-order chi connectivity index (χ0) is 19.5. The average molecular weight is 402 g/mol. The molecule has 1 atom stereocenters. The Balaban J connectivity index is 1.55. The first-order valence-corrected chi connectivity index (χ1v) is 11.5. The van der Waals surface area contributed by atoms with Crippen LogP contribution in [-0.4, -0.2) is 34.7 Å². The molecule has 152 valence electrons. The van der Waals surface area contributed by atoms with Gasteiger partial charge < -0.3 is 14.6 Å². The van der Waals surface area contributed by atoms with Crippen LogP contribution in [0.3, 0.4) is 0 Å². The Morgan fingerprint density at radius 2 is 2.07 bits per heavy atom. The molecule has 2 aliphatic rings. The summed E-state index contributed by atoms with van der Waals surface area (Å²) in [6.45, 7) is 6.48. The summed E-state index contributed by atoms with van der Waals surface area (Å²) in [5, 5.41) is 6.32. The summed E-state index contributed by atoms with van der Waals surface area (Å²) in [5.41, 5.74) is 3.77. The summed E-state index contributed by atoms with van der Waals surface area (Å²) in [7, 11) is 0. The highest BCUT2D eigenvalue weighted by atomic mass is 32.1. The number of rotatable bonds is 6. The summed E-state index contributed by atoms with van der Waals surface area (Å²) >= 11 is 1.65. The van der Waals surface area contributed by atoms with E-state index in [9.17, 15) is 4.79 Å². The minimum atomic E-state index is 0.0439. The monoisotopic (exact) mass is 401 g/mol. The van der Waals surface area contributed by atoms with Crippen molar-refractivity contribution in [1.29, 1.82) is 0 Å².